The number of ether oxygens (including phenoxy) is 14. The predicted octanol–water partition coefficient (Wildman–Crippen LogP) is -10.3. The van der Waals surface area contributed by atoms with Crippen molar-refractivity contribution in [3.05, 3.63) is 71.3 Å². The molecule has 0 unspecified atom stereocenters. The molecule has 0 amide bonds. The van der Waals surface area contributed by atoms with E-state index in [4.69, 9.17) is 113 Å². The molecule has 626 valence electrons. The maximum Gasteiger partial charge on any atom is 0.214 e. The average molecular weight is 1680 g/mol. The van der Waals surface area contributed by atoms with Gasteiger partial charge in [-0.05, 0) is 0 Å². The van der Waals surface area contributed by atoms with Gasteiger partial charge in [0.15, 0.2) is 25.2 Å². The molecule has 52 heteroatoms. The molecule has 0 saturated carbocycles. The summed E-state index contributed by atoms with van der Waals surface area (Å²) in [6.07, 6.45) is -26.7. The van der Waals surface area contributed by atoms with Gasteiger partial charge >= 0.3 is 0 Å². The summed E-state index contributed by atoms with van der Waals surface area (Å²) in [5, 5.41) is 216. The van der Waals surface area contributed by atoms with Crippen LogP contribution >= 0.6 is 46.4 Å². The number of aromatic nitrogens is 18. The fourth-order valence-corrected chi connectivity index (χ4v) is 13.9. The Hall–Kier alpha value is -5.20. The summed E-state index contributed by atoms with van der Waals surface area (Å²) in [5.41, 5.74) is 2.14. The Labute approximate surface area is 652 Å². The molecule has 0 aliphatic carbocycles. The van der Waals surface area contributed by atoms with E-state index >= 15 is 0 Å². The normalized spacial score (nSPS) is 36.5. The SMILES string of the molecule is OC[C@H]1O[C@H](O[C@]2(CCl)O[C@H](Cn3cc(COCc4cn(C[C@H]5O[C@H](OCc6cn(CCOCCOCCn7cc(CO[C@H]8O[C@H](Cn9cc(COCc%10cn(C[C@H]%11O[C@@](CCl)(O[C@H]%12O[C@H](CO)[C@H](Cl)[C@H](O)[C@H]%12O)[C@@H](O)[C@@H]%11O)nn%10)nn9)[C@@H](O)[C@H](O)[C@@H]8O)nn7)nn6)[C@@H](O)[C@@H](O)[C@@H]5O)nn4)nn3)[C@@H](O)[C@@H]2O)[C@H](O)[C@@H](O)[C@H]1Cl. The van der Waals surface area contributed by atoms with Gasteiger partial charge in [-0.1, -0.05) is 31.3 Å². The van der Waals surface area contributed by atoms with Crippen molar-refractivity contribution in [2.75, 3.05) is 51.4 Å². The molecular formula is C60H88Cl4N18O30. The van der Waals surface area contributed by atoms with Crippen LogP contribution in [0.5, 0.6) is 0 Å². The van der Waals surface area contributed by atoms with Gasteiger partial charge in [0, 0.05) is 0 Å². The number of alkyl halides is 4. The molecular weight excluding hydrogens is 1590 g/mol. The number of aliphatic hydroxyl groups is 16. The fourth-order valence-electron chi connectivity index (χ4n) is 12.8. The molecule has 0 bridgehead atoms. The largest absolute Gasteiger partial charge is 0.394 e. The molecule has 16 N–H and O–H groups in total. The molecule has 112 heavy (non-hydrogen) atoms. The van der Waals surface area contributed by atoms with Crippen LogP contribution in [0.15, 0.2) is 37.2 Å². The van der Waals surface area contributed by atoms with Crippen LogP contribution in [0.4, 0.5) is 0 Å². The summed E-state index contributed by atoms with van der Waals surface area (Å²) in [5.74, 6) is -5.34. The van der Waals surface area contributed by atoms with Gasteiger partial charge in [0.2, 0.25) is 11.6 Å². The Morgan fingerprint density at radius 2 is 0.625 bits per heavy atom. The molecule has 0 spiro atoms. The quantitative estimate of drug-likeness (QED) is 0.0126. The highest BCUT2D eigenvalue weighted by molar-refractivity contribution is 6.22. The van der Waals surface area contributed by atoms with Crippen molar-refractivity contribution in [3.63, 3.8) is 0 Å². The number of hydrogen-bond acceptors (Lipinski definition) is 42. The monoisotopic (exact) mass is 1680 g/mol. The van der Waals surface area contributed by atoms with Crippen molar-refractivity contribution < 1.29 is 148 Å². The zero-order valence-corrected chi connectivity index (χ0v) is 62.1. The number of aliphatic hydroxyl groups excluding tert-OH is 16. The zero-order chi connectivity index (χ0) is 79.7. The lowest BCUT2D eigenvalue weighted by molar-refractivity contribution is -0.359. The van der Waals surface area contributed by atoms with E-state index in [0.717, 1.165) is 0 Å². The topological polar surface area (TPSA) is 637 Å². The summed E-state index contributed by atoms with van der Waals surface area (Å²) in [6, 6.07) is 0. The van der Waals surface area contributed by atoms with Crippen LogP contribution in [0.25, 0.3) is 0 Å². The minimum absolute atomic E-state index is 0.0581. The molecule has 12 heterocycles. The molecule has 48 nitrogen and oxygen atoms in total. The lowest BCUT2D eigenvalue weighted by Gasteiger charge is -2.43. The fraction of sp³-hybridized carbons (Fsp3) is 0.800. The van der Waals surface area contributed by atoms with Crippen molar-refractivity contribution in [1.82, 2.24) is 90.0 Å². The maximum absolute atomic E-state index is 11.0. The van der Waals surface area contributed by atoms with E-state index in [1.807, 2.05) is 0 Å². The Morgan fingerprint density at radius 3 is 0.955 bits per heavy atom. The van der Waals surface area contributed by atoms with Gasteiger partial charge < -0.3 is 148 Å². The summed E-state index contributed by atoms with van der Waals surface area (Å²) in [6.45, 7) is -0.886. The van der Waals surface area contributed by atoms with Crippen LogP contribution in [0, 0.1) is 0 Å². The van der Waals surface area contributed by atoms with Gasteiger partial charge in [-0.15, -0.1) is 77.0 Å². The molecule has 6 fully saturated rings. The average Bonchev–Trinajstić information content (AvgIpc) is 1.63. The highest BCUT2D eigenvalue weighted by Gasteiger charge is 2.61. The molecule has 6 aliphatic heterocycles. The van der Waals surface area contributed by atoms with Crippen LogP contribution in [-0.4, -0.2) is 393 Å². The Balaban J connectivity index is 0.497. The third kappa shape index (κ3) is 20.3. The first-order valence-electron chi connectivity index (χ1n) is 35.2. The van der Waals surface area contributed by atoms with E-state index in [1.165, 1.54) is 52.9 Å². The Bertz CT molecular complexity index is 3620. The first kappa shape index (κ1) is 86.1. The molecule has 6 saturated heterocycles. The van der Waals surface area contributed by atoms with Crippen molar-refractivity contribution in [2.45, 2.75) is 248 Å². The second-order valence-corrected chi connectivity index (χ2v) is 28.7. The standard InChI is InChI=1S/C60H88Cl4N18O30/c61-25-59(111-57-49(93)45(89)39(63)37(17-83)107-57)53(97)43(87)35(109-59)15-81-11-29(67-75-81)21-101-19-27-9-79(73-65-27)13-33-41(85)47(91)51(95)55(105-33)103-23-31-7-77(71-69-31)1-3-99-5-6-100-4-2-78-8-32(70-72-78)24-104-56-52(96)48(92)42(86)34(106-56)14-80-10-28(66-74-80)20-102-22-30-12-82(76-68-30)16-36-44(88)54(98)60(26-62,110-36)112-58-50(94)46(90)40(64)38(18-84)108-58/h7-12,33-58,83-98H,1-6,13-26H2/t33-,34-,35-,36-,37-,38-,39+,40+,41-,42-,43-,44-,45+,46+,47+,48+,49-,50-,51+,52+,53+,54+,55+,56+,57-,58-,59+,60+/m1/s1. The number of halogens is 4. The maximum atomic E-state index is 11.0. The minimum Gasteiger partial charge on any atom is -0.394 e. The number of nitrogens with zero attached hydrogens (tertiary/aromatic N) is 18. The van der Waals surface area contributed by atoms with Crippen LogP contribution < -0.4 is 0 Å². The van der Waals surface area contributed by atoms with Crippen molar-refractivity contribution >= 4 is 46.4 Å². The van der Waals surface area contributed by atoms with Gasteiger partial charge in [0.25, 0.3) is 0 Å². The van der Waals surface area contributed by atoms with Crippen molar-refractivity contribution in [1.29, 1.82) is 0 Å². The van der Waals surface area contributed by atoms with Gasteiger partial charge in [0.05, 0.1) is 178 Å². The zero-order valence-electron chi connectivity index (χ0n) is 59.0. The summed E-state index contributed by atoms with van der Waals surface area (Å²) in [4.78, 5) is 0. The summed E-state index contributed by atoms with van der Waals surface area (Å²) < 4.78 is 88.8. The van der Waals surface area contributed by atoms with E-state index in [9.17, 15) is 81.7 Å². The molecule has 6 aliphatic rings. The molecule has 0 radical (unpaired) electrons. The molecule has 6 aromatic rings. The van der Waals surface area contributed by atoms with E-state index in [2.05, 4.69) is 61.9 Å². The van der Waals surface area contributed by atoms with Gasteiger partial charge in [-0.3, -0.25) is 0 Å². The van der Waals surface area contributed by atoms with E-state index in [0.29, 0.717) is 47.3 Å². The first-order valence-corrected chi connectivity index (χ1v) is 37.1. The van der Waals surface area contributed by atoms with E-state index < -0.39 is 195 Å². The van der Waals surface area contributed by atoms with E-state index in [-0.39, 0.29) is 92.2 Å². The second kappa shape index (κ2) is 38.9. The van der Waals surface area contributed by atoms with Crippen LogP contribution in [0.3, 0.4) is 0 Å². The van der Waals surface area contributed by atoms with Crippen LogP contribution in [-0.2, 0) is 145 Å². The summed E-state index contributed by atoms with van der Waals surface area (Å²) in [7, 11) is 0. The number of hydrogen-bond donors (Lipinski definition) is 16. The van der Waals surface area contributed by atoms with Crippen LogP contribution in [0.2, 0.25) is 0 Å². The first-order chi connectivity index (χ1) is 53.8. The van der Waals surface area contributed by atoms with Crippen LogP contribution in [0.1, 0.15) is 34.2 Å². The smallest absolute Gasteiger partial charge is 0.214 e. The van der Waals surface area contributed by atoms with Gasteiger partial charge in [-0.25, -0.2) is 28.1 Å². The molecule has 0 aromatic carbocycles. The lowest BCUT2D eigenvalue weighted by atomic mass is 9.99. The minimum atomic E-state index is -2.12. The lowest BCUT2D eigenvalue weighted by Crippen LogP contribution is -2.61. The van der Waals surface area contributed by atoms with E-state index in [1.54, 1.807) is 12.4 Å². The summed E-state index contributed by atoms with van der Waals surface area (Å²) >= 11 is 24.5. The third-order valence-corrected chi connectivity index (χ3v) is 20.9. The molecule has 28 atom stereocenters. The Morgan fingerprint density at radius 1 is 0.330 bits per heavy atom. The number of rotatable bonds is 39. The third-order valence-electron chi connectivity index (χ3n) is 19.0. The van der Waals surface area contributed by atoms with Gasteiger partial charge in [0.1, 0.15) is 156 Å². The highest BCUT2D eigenvalue weighted by Crippen LogP contribution is 2.41. The van der Waals surface area contributed by atoms with Crippen molar-refractivity contribution in [2.24, 2.45) is 0 Å². The predicted molar refractivity (Wildman–Crippen MR) is 359 cm³/mol. The van der Waals surface area contributed by atoms with Crippen molar-refractivity contribution in [3.8, 4) is 0 Å². The molecule has 12 rings (SSSR count). The highest BCUT2D eigenvalue weighted by atomic mass is 35.5. The molecule has 6 aromatic heterocycles. The van der Waals surface area contributed by atoms with Gasteiger partial charge in [-0.2, -0.15) is 0 Å². The Kier molecular flexibility index (Phi) is 29.9. The second-order valence-electron chi connectivity index (χ2n) is 27.1.